The van der Waals surface area contributed by atoms with Gasteiger partial charge in [0.2, 0.25) is 0 Å². The van der Waals surface area contributed by atoms with Gasteiger partial charge in [-0.3, -0.25) is 9.88 Å². The molecule has 0 fully saturated rings. The Morgan fingerprint density at radius 2 is 1.89 bits per heavy atom. The largest absolute Gasteiger partial charge is 0.443 e. The lowest BCUT2D eigenvalue weighted by atomic mass is 9.95. The van der Waals surface area contributed by atoms with Gasteiger partial charge in [-0.25, -0.2) is 9.18 Å². The minimum atomic E-state index is -0.635. The molecule has 5 N–H and O–H groups in total. The van der Waals surface area contributed by atoms with Crippen LogP contribution in [0.5, 0.6) is 0 Å². The van der Waals surface area contributed by atoms with Crippen molar-refractivity contribution in [3.05, 3.63) is 99.2 Å². The molecule has 1 atom stereocenters. The fourth-order valence-electron chi connectivity index (χ4n) is 5.37. The summed E-state index contributed by atoms with van der Waals surface area (Å²) in [6.07, 6.45) is 3.40. The van der Waals surface area contributed by atoms with E-state index in [1.807, 2.05) is 58.9 Å². The zero-order valence-electron chi connectivity index (χ0n) is 26.7. The minimum absolute atomic E-state index is 0.0620. The minimum Gasteiger partial charge on any atom is -0.443 e. The van der Waals surface area contributed by atoms with E-state index < -0.39 is 23.6 Å². The molecule has 5 rings (SSSR count). The first kappa shape index (κ1) is 33.6. The molecule has 12 heteroatoms. The van der Waals surface area contributed by atoms with Crippen LogP contribution in [0.2, 0.25) is 10.0 Å². The molecule has 1 amide bonds. The normalized spacial score (nSPS) is 13.7. The fourth-order valence-corrected chi connectivity index (χ4v) is 5.82. The number of anilines is 4. The molecule has 3 aromatic carbocycles. The first-order valence-electron chi connectivity index (χ1n) is 15.1. The zero-order chi connectivity index (χ0) is 34.0. The molecule has 244 valence electrons. The number of hydrogen-bond donors (Lipinski definition) is 4. The van der Waals surface area contributed by atoms with E-state index in [0.717, 1.165) is 16.8 Å². The van der Waals surface area contributed by atoms with Crippen molar-refractivity contribution >= 4 is 62.9 Å². The Morgan fingerprint density at radius 1 is 1.15 bits per heavy atom. The molecule has 1 unspecified atom stereocenters. The average Bonchev–Trinajstić information content (AvgIpc) is 3.45. The lowest BCUT2D eigenvalue weighted by Gasteiger charge is -2.26. The Balaban J connectivity index is 1.59. The summed E-state index contributed by atoms with van der Waals surface area (Å²) < 4.78 is 19.6. The number of hydrogen-bond acceptors (Lipinski definition) is 8. The number of nitrogens with zero attached hydrogens (tertiary/aromatic N) is 3. The number of fused-ring (bicyclic) bond motifs is 2. The number of pyridine rings is 1. The number of nitriles is 1. The van der Waals surface area contributed by atoms with Crippen LogP contribution >= 0.6 is 23.2 Å². The Kier molecular flexibility index (Phi) is 9.70. The van der Waals surface area contributed by atoms with Crippen LogP contribution in [0.15, 0.2) is 66.6 Å². The second kappa shape index (κ2) is 13.6. The van der Waals surface area contributed by atoms with Crippen LogP contribution in [-0.2, 0) is 11.2 Å². The molecule has 0 radical (unpaired) electrons. The number of halogens is 3. The predicted molar refractivity (Wildman–Crippen MR) is 187 cm³/mol. The summed E-state index contributed by atoms with van der Waals surface area (Å²) in [4.78, 5) is 19.2. The third kappa shape index (κ3) is 7.48. The van der Waals surface area contributed by atoms with Crippen molar-refractivity contribution in [3.8, 4) is 6.07 Å². The lowest BCUT2D eigenvalue weighted by molar-refractivity contribution is 0.0584. The molecule has 47 heavy (non-hydrogen) atoms. The third-order valence-corrected chi connectivity index (χ3v) is 8.03. The summed E-state index contributed by atoms with van der Waals surface area (Å²) in [5, 5.41) is 20.8. The molecular formula is C35H36Cl2FN7O2. The fraction of sp³-hybridized carbons (Fsp3) is 0.286. The third-order valence-electron chi connectivity index (χ3n) is 7.45. The maximum Gasteiger partial charge on any atom is 0.414 e. The van der Waals surface area contributed by atoms with Crippen LogP contribution < -0.4 is 26.6 Å². The smallest absolute Gasteiger partial charge is 0.414 e. The Labute approximate surface area is 283 Å². The monoisotopic (exact) mass is 675 g/mol. The van der Waals surface area contributed by atoms with Crippen molar-refractivity contribution in [2.45, 2.75) is 58.7 Å². The maximum absolute atomic E-state index is 13.9. The molecule has 2 heterocycles. The number of rotatable bonds is 8. The van der Waals surface area contributed by atoms with E-state index in [1.165, 1.54) is 24.4 Å². The molecule has 4 aromatic rings. The van der Waals surface area contributed by atoms with E-state index in [-0.39, 0.29) is 16.6 Å². The molecule has 1 aliphatic rings. The van der Waals surface area contributed by atoms with E-state index in [4.69, 9.17) is 33.7 Å². The van der Waals surface area contributed by atoms with Crippen LogP contribution in [0.4, 0.5) is 31.9 Å². The number of benzene rings is 3. The summed E-state index contributed by atoms with van der Waals surface area (Å²) >= 11 is 12.8. The summed E-state index contributed by atoms with van der Waals surface area (Å²) in [6.45, 7) is 10.0. The van der Waals surface area contributed by atoms with Gasteiger partial charge in [0.25, 0.3) is 0 Å². The van der Waals surface area contributed by atoms with Crippen molar-refractivity contribution in [1.29, 1.82) is 5.26 Å². The van der Waals surface area contributed by atoms with Gasteiger partial charge in [0.05, 0.1) is 44.2 Å². The zero-order valence-corrected chi connectivity index (χ0v) is 28.2. The molecule has 0 aliphatic carbocycles. The van der Waals surface area contributed by atoms with E-state index in [9.17, 15) is 14.4 Å². The molecular weight excluding hydrogens is 640 g/mol. The van der Waals surface area contributed by atoms with Crippen LogP contribution in [0, 0.1) is 17.1 Å². The topological polar surface area (TPSA) is 128 Å². The van der Waals surface area contributed by atoms with Crippen LogP contribution in [0.3, 0.4) is 0 Å². The first-order chi connectivity index (χ1) is 22.3. The molecule has 0 spiro atoms. The van der Waals surface area contributed by atoms with Gasteiger partial charge in [-0.2, -0.15) is 5.26 Å². The van der Waals surface area contributed by atoms with E-state index in [0.29, 0.717) is 51.7 Å². The molecule has 1 aliphatic heterocycles. The van der Waals surface area contributed by atoms with Gasteiger partial charge in [-0.1, -0.05) is 35.3 Å². The van der Waals surface area contributed by atoms with Gasteiger partial charge in [0, 0.05) is 41.7 Å². The van der Waals surface area contributed by atoms with Crippen LogP contribution in [0.1, 0.15) is 57.4 Å². The van der Waals surface area contributed by atoms with Crippen molar-refractivity contribution in [1.82, 2.24) is 10.3 Å². The SMILES string of the molecule is CC(C)N/C=C(\N)C(Nc1cc(Cl)c2ncc(C#N)c(Nc3ccc(F)c(Cl)c3)c2c1)c1cccc2c1CCN2C(=O)OC(C)(C)C. The Morgan fingerprint density at radius 3 is 2.57 bits per heavy atom. The van der Waals surface area contributed by atoms with Crippen LogP contribution in [-0.4, -0.2) is 29.3 Å². The molecule has 0 saturated carbocycles. The molecule has 0 saturated heterocycles. The van der Waals surface area contributed by atoms with Crippen molar-refractivity contribution in [2.24, 2.45) is 5.73 Å². The van der Waals surface area contributed by atoms with Gasteiger partial charge in [0.1, 0.15) is 17.5 Å². The van der Waals surface area contributed by atoms with E-state index in [1.54, 1.807) is 17.2 Å². The number of ether oxygens (including phenoxy) is 1. The second-order valence-corrected chi connectivity index (χ2v) is 13.4. The molecule has 1 aromatic heterocycles. The number of amides is 1. The Hall–Kier alpha value is -4.72. The highest BCUT2D eigenvalue weighted by molar-refractivity contribution is 6.36. The number of nitrogens with one attached hydrogen (secondary N) is 3. The highest BCUT2D eigenvalue weighted by atomic mass is 35.5. The molecule has 0 bridgehead atoms. The highest BCUT2D eigenvalue weighted by Gasteiger charge is 2.32. The predicted octanol–water partition coefficient (Wildman–Crippen LogP) is 8.54. The number of aromatic nitrogens is 1. The van der Waals surface area contributed by atoms with Gasteiger partial charge in [-0.15, -0.1) is 0 Å². The van der Waals surface area contributed by atoms with Gasteiger partial charge >= 0.3 is 6.09 Å². The van der Waals surface area contributed by atoms with Gasteiger partial charge in [-0.05, 0) is 88.6 Å². The van der Waals surface area contributed by atoms with E-state index >= 15 is 0 Å². The van der Waals surface area contributed by atoms with Crippen molar-refractivity contribution in [2.75, 3.05) is 22.1 Å². The standard InChI is InChI=1S/C35H36Cl2FN7O2/c1-19(2)41-18-29(40)33(24-7-6-8-30-23(24)11-12-45(30)34(46)47-35(3,4)5)44-22-13-25-31(43-21-9-10-28(38)26(36)14-21)20(16-39)17-42-32(25)27(37)15-22/h6-10,13-15,17-19,33,41,44H,11-12,40H2,1-5H3,(H,42,43)/b29-18-. The number of nitrogens with two attached hydrogens (primary N) is 1. The van der Waals surface area contributed by atoms with Crippen molar-refractivity contribution < 1.29 is 13.9 Å². The average molecular weight is 677 g/mol. The lowest BCUT2D eigenvalue weighted by Crippen LogP contribution is -2.35. The quantitative estimate of drug-likeness (QED) is 0.146. The number of carbonyl (C=O) groups is 1. The number of carbonyl (C=O) groups excluding carboxylic acids is 1. The van der Waals surface area contributed by atoms with E-state index in [2.05, 4.69) is 27.0 Å². The first-order valence-corrected chi connectivity index (χ1v) is 15.9. The maximum atomic E-state index is 13.9. The summed E-state index contributed by atoms with van der Waals surface area (Å²) in [5.74, 6) is -0.558. The highest BCUT2D eigenvalue weighted by Crippen LogP contribution is 2.40. The summed E-state index contributed by atoms with van der Waals surface area (Å²) in [6, 6.07) is 15.3. The Bertz CT molecular complexity index is 1920. The van der Waals surface area contributed by atoms with Gasteiger partial charge in [0.15, 0.2) is 0 Å². The second-order valence-electron chi connectivity index (χ2n) is 12.5. The molecule has 9 nitrogen and oxygen atoms in total. The van der Waals surface area contributed by atoms with Crippen LogP contribution in [0.25, 0.3) is 10.9 Å². The van der Waals surface area contributed by atoms with Gasteiger partial charge < -0.3 is 26.4 Å². The summed E-state index contributed by atoms with van der Waals surface area (Å²) in [7, 11) is 0. The van der Waals surface area contributed by atoms with Crippen molar-refractivity contribution in [3.63, 3.8) is 0 Å². The summed E-state index contributed by atoms with van der Waals surface area (Å²) in [5.41, 5.74) is 11.5.